The van der Waals surface area contributed by atoms with Crippen molar-refractivity contribution in [1.82, 2.24) is 4.98 Å². The van der Waals surface area contributed by atoms with Crippen LogP contribution in [0.3, 0.4) is 0 Å². The smallest absolute Gasteiger partial charge is 0.113 e. The lowest BCUT2D eigenvalue weighted by Gasteiger charge is -2.04. The summed E-state index contributed by atoms with van der Waals surface area (Å²) >= 11 is 7.18. The Bertz CT molecular complexity index is 651. The molecule has 0 atom stereocenters. The van der Waals surface area contributed by atoms with Gasteiger partial charge < -0.3 is 5.32 Å². The second kappa shape index (κ2) is 5.50. The van der Waals surface area contributed by atoms with Crippen LogP contribution >= 0.6 is 22.9 Å². The summed E-state index contributed by atoms with van der Waals surface area (Å²) in [6.45, 7) is 0.536. The molecule has 0 amide bonds. The molecule has 0 radical (unpaired) electrons. The first-order chi connectivity index (χ1) is 8.72. The van der Waals surface area contributed by atoms with Gasteiger partial charge in [0.1, 0.15) is 21.5 Å². The molecule has 2 rings (SSSR count). The summed E-state index contributed by atoms with van der Waals surface area (Å²) in [5, 5.41) is 21.7. The van der Waals surface area contributed by atoms with Crippen molar-refractivity contribution in [3.05, 3.63) is 44.9 Å². The minimum atomic E-state index is 0.361. The fourth-order valence-electron chi connectivity index (χ4n) is 1.39. The lowest BCUT2D eigenvalue weighted by Crippen LogP contribution is -1.99. The molecule has 1 heterocycles. The van der Waals surface area contributed by atoms with E-state index < -0.39 is 0 Å². The Morgan fingerprint density at radius 1 is 1.28 bits per heavy atom. The van der Waals surface area contributed by atoms with E-state index in [2.05, 4.69) is 10.3 Å². The molecule has 4 nitrogen and oxygen atoms in total. The van der Waals surface area contributed by atoms with Gasteiger partial charge in [0.25, 0.3) is 0 Å². The normalized spacial score (nSPS) is 9.50. The zero-order chi connectivity index (χ0) is 13.0. The highest BCUT2D eigenvalue weighted by Crippen LogP contribution is 2.20. The van der Waals surface area contributed by atoms with E-state index in [9.17, 15) is 0 Å². The first-order valence-corrected chi connectivity index (χ1v) is 6.20. The fourth-order valence-corrected chi connectivity index (χ4v) is 2.29. The van der Waals surface area contributed by atoms with Crippen molar-refractivity contribution < 1.29 is 0 Å². The van der Waals surface area contributed by atoms with E-state index in [-0.39, 0.29) is 0 Å². The summed E-state index contributed by atoms with van der Waals surface area (Å²) in [7, 11) is 0. The third-order valence-corrected chi connectivity index (χ3v) is 3.34. The molecule has 18 heavy (non-hydrogen) atoms. The van der Waals surface area contributed by atoms with Gasteiger partial charge in [0, 0.05) is 5.69 Å². The molecule has 0 bridgehead atoms. The van der Waals surface area contributed by atoms with Crippen molar-refractivity contribution in [3.63, 3.8) is 0 Å². The van der Waals surface area contributed by atoms with Gasteiger partial charge in [0.05, 0.1) is 23.9 Å². The summed E-state index contributed by atoms with van der Waals surface area (Å²) in [4.78, 5) is 4.11. The number of thiazole rings is 1. The molecule has 0 aliphatic heterocycles. The minimum absolute atomic E-state index is 0.361. The Morgan fingerprint density at radius 3 is 2.67 bits per heavy atom. The van der Waals surface area contributed by atoms with Crippen molar-refractivity contribution in [2.45, 2.75) is 6.54 Å². The molecular formula is C12H7ClN4S. The number of anilines is 1. The third-order valence-electron chi connectivity index (χ3n) is 2.23. The largest absolute Gasteiger partial charge is 0.378 e. The molecule has 0 saturated carbocycles. The van der Waals surface area contributed by atoms with Crippen LogP contribution in [-0.2, 0) is 6.54 Å². The monoisotopic (exact) mass is 274 g/mol. The van der Waals surface area contributed by atoms with Crippen LogP contribution in [0.15, 0.2) is 24.4 Å². The van der Waals surface area contributed by atoms with Crippen LogP contribution in [-0.4, -0.2) is 4.98 Å². The number of hydrogen-bond donors (Lipinski definition) is 1. The second-order valence-electron chi connectivity index (χ2n) is 3.40. The maximum Gasteiger partial charge on any atom is 0.113 e. The Hall–Kier alpha value is -2.08. The van der Waals surface area contributed by atoms with E-state index in [1.807, 2.05) is 12.1 Å². The van der Waals surface area contributed by atoms with Crippen molar-refractivity contribution in [2.24, 2.45) is 0 Å². The molecule has 2 aromatic rings. The standard InChI is InChI=1S/C12H7ClN4S/c13-11-6-17-12(18-11)7-16-10-2-1-8(4-14)9(3-10)5-15/h1-3,6,16H,7H2. The van der Waals surface area contributed by atoms with Gasteiger partial charge in [-0.2, -0.15) is 10.5 Å². The zero-order valence-corrected chi connectivity index (χ0v) is 10.7. The lowest BCUT2D eigenvalue weighted by atomic mass is 10.1. The first kappa shape index (κ1) is 12.4. The van der Waals surface area contributed by atoms with E-state index in [1.165, 1.54) is 11.3 Å². The molecular weight excluding hydrogens is 268 g/mol. The van der Waals surface area contributed by atoms with Crippen molar-refractivity contribution in [2.75, 3.05) is 5.32 Å². The number of aromatic nitrogens is 1. The molecule has 0 fully saturated rings. The molecule has 0 aliphatic carbocycles. The number of rotatable bonds is 3. The number of halogens is 1. The topological polar surface area (TPSA) is 72.5 Å². The summed E-state index contributed by atoms with van der Waals surface area (Å²) in [6.07, 6.45) is 1.60. The van der Waals surface area contributed by atoms with Gasteiger partial charge in [-0.05, 0) is 18.2 Å². The highest BCUT2D eigenvalue weighted by atomic mass is 35.5. The Balaban J connectivity index is 2.11. The lowest BCUT2D eigenvalue weighted by molar-refractivity contribution is 1.10. The van der Waals surface area contributed by atoms with E-state index >= 15 is 0 Å². The van der Waals surface area contributed by atoms with Gasteiger partial charge in [-0.1, -0.05) is 11.6 Å². The van der Waals surface area contributed by atoms with E-state index in [4.69, 9.17) is 22.1 Å². The highest BCUT2D eigenvalue weighted by Gasteiger charge is 2.04. The molecule has 88 valence electrons. The van der Waals surface area contributed by atoms with Crippen LogP contribution in [0.2, 0.25) is 4.34 Å². The van der Waals surface area contributed by atoms with Crippen molar-refractivity contribution in [1.29, 1.82) is 10.5 Å². The maximum absolute atomic E-state index is 8.91. The van der Waals surface area contributed by atoms with E-state index in [1.54, 1.807) is 24.4 Å². The van der Waals surface area contributed by atoms with Crippen LogP contribution in [0.5, 0.6) is 0 Å². The van der Waals surface area contributed by atoms with Crippen LogP contribution in [0.25, 0.3) is 0 Å². The number of nitriles is 2. The molecule has 1 N–H and O–H groups in total. The van der Waals surface area contributed by atoms with Crippen LogP contribution < -0.4 is 5.32 Å². The van der Waals surface area contributed by atoms with Gasteiger partial charge in [0.15, 0.2) is 0 Å². The van der Waals surface area contributed by atoms with Gasteiger partial charge >= 0.3 is 0 Å². The molecule has 0 spiro atoms. The van der Waals surface area contributed by atoms with E-state index in [0.29, 0.717) is 22.0 Å². The Morgan fingerprint density at radius 2 is 2.06 bits per heavy atom. The van der Waals surface area contributed by atoms with Gasteiger partial charge in [-0.25, -0.2) is 4.98 Å². The van der Waals surface area contributed by atoms with Crippen molar-refractivity contribution in [3.8, 4) is 12.1 Å². The summed E-state index contributed by atoms with van der Waals surface area (Å²) in [5.41, 5.74) is 1.51. The quantitative estimate of drug-likeness (QED) is 0.933. The molecule has 0 aliphatic rings. The second-order valence-corrected chi connectivity index (χ2v) is 5.14. The number of benzene rings is 1. The summed E-state index contributed by atoms with van der Waals surface area (Å²) in [5.74, 6) is 0. The molecule has 6 heteroatoms. The Kier molecular flexibility index (Phi) is 3.78. The van der Waals surface area contributed by atoms with Gasteiger partial charge in [-0.15, -0.1) is 11.3 Å². The molecule has 0 saturated heterocycles. The first-order valence-electron chi connectivity index (χ1n) is 5.01. The Labute approximate surface area is 113 Å². The predicted octanol–water partition coefficient (Wildman–Crippen LogP) is 3.15. The molecule has 1 aromatic heterocycles. The SMILES string of the molecule is N#Cc1ccc(NCc2ncc(Cl)s2)cc1C#N. The van der Waals surface area contributed by atoms with Crippen LogP contribution in [0.1, 0.15) is 16.1 Å². The molecule has 1 aromatic carbocycles. The summed E-state index contributed by atoms with van der Waals surface area (Å²) in [6, 6.07) is 8.99. The number of hydrogen-bond acceptors (Lipinski definition) is 5. The zero-order valence-electron chi connectivity index (χ0n) is 9.14. The van der Waals surface area contributed by atoms with Gasteiger partial charge in [-0.3, -0.25) is 0 Å². The predicted molar refractivity (Wildman–Crippen MR) is 70.3 cm³/mol. The molecule has 0 unspecified atom stereocenters. The average Bonchev–Trinajstić information content (AvgIpc) is 2.81. The summed E-state index contributed by atoms with van der Waals surface area (Å²) < 4.78 is 0.643. The number of nitrogens with zero attached hydrogens (tertiary/aromatic N) is 3. The van der Waals surface area contributed by atoms with E-state index in [0.717, 1.165) is 10.7 Å². The minimum Gasteiger partial charge on any atom is -0.378 e. The van der Waals surface area contributed by atoms with Crippen LogP contribution in [0, 0.1) is 22.7 Å². The van der Waals surface area contributed by atoms with Crippen LogP contribution in [0.4, 0.5) is 5.69 Å². The average molecular weight is 275 g/mol. The van der Waals surface area contributed by atoms with Crippen molar-refractivity contribution >= 4 is 28.6 Å². The van der Waals surface area contributed by atoms with Gasteiger partial charge in [0.2, 0.25) is 0 Å². The number of nitrogens with one attached hydrogen (secondary N) is 1. The fraction of sp³-hybridized carbons (Fsp3) is 0.0833. The highest BCUT2D eigenvalue weighted by molar-refractivity contribution is 7.15. The third kappa shape index (κ3) is 2.78. The maximum atomic E-state index is 8.91.